The van der Waals surface area contributed by atoms with Crippen LogP contribution in [-0.2, 0) is 4.79 Å². The Hall–Kier alpha value is -2.04. The molecule has 1 saturated heterocycles. The molecule has 3 rings (SSSR count). The Labute approximate surface area is 162 Å². The van der Waals surface area contributed by atoms with Crippen molar-refractivity contribution < 1.29 is 9.53 Å². The SMILES string of the molecule is CNCC1CCN(C(=O)C(C)Oc2ccc(-c3ccccc3)cc2)C1.Cl. The summed E-state index contributed by atoms with van der Waals surface area (Å²) in [6.45, 7) is 4.44. The molecule has 1 fully saturated rings. The summed E-state index contributed by atoms with van der Waals surface area (Å²) >= 11 is 0. The number of likely N-dealkylation sites (tertiary alicyclic amines) is 1. The molecule has 1 N–H and O–H groups in total. The third-order valence-electron chi connectivity index (χ3n) is 4.71. The molecule has 1 aliphatic heterocycles. The molecule has 4 nitrogen and oxygen atoms in total. The van der Waals surface area contributed by atoms with E-state index in [0.29, 0.717) is 5.92 Å². The number of halogens is 1. The Bertz CT molecular complexity index is 691. The van der Waals surface area contributed by atoms with E-state index in [1.165, 1.54) is 5.56 Å². The van der Waals surface area contributed by atoms with Gasteiger partial charge in [-0.3, -0.25) is 4.79 Å². The first kappa shape index (κ1) is 20.3. The van der Waals surface area contributed by atoms with Gasteiger partial charge in [0.25, 0.3) is 5.91 Å². The molecular weight excluding hydrogens is 348 g/mol. The van der Waals surface area contributed by atoms with Crippen LogP contribution >= 0.6 is 12.4 Å². The predicted molar refractivity (Wildman–Crippen MR) is 108 cm³/mol. The maximum atomic E-state index is 12.6. The number of carbonyl (C=O) groups excluding carboxylic acids is 1. The fraction of sp³-hybridized carbons (Fsp3) is 0.381. The summed E-state index contributed by atoms with van der Waals surface area (Å²) in [6.07, 6.45) is 0.598. The van der Waals surface area contributed by atoms with E-state index in [9.17, 15) is 4.79 Å². The number of carbonyl (C=O) groups is 1. The van der Waals surface area contributed by atoms with Crippen LogP contribution in [0.25, 0.3) is 11.1 Å². The Balaban J connectivity index is 0.00000243. The van der Waals surface area contributed by atoms with Gasteiger partial charge in [-0.05, 0) is 56.1 Å². The van der Waals surface area contributed by atoms with Gasteiger partial charge in [-0.2, -0.15) is 0 Å². The van der Waals surface area contributed by atoms with Crippen LogP contribution in [0.1, 0.15) is 13.3 Å². The number of rotatable bonds is 6. The van der Waals surface area contributed by atoms with Crippen LogP contribution in [0, 0.1) is 5.92 Å². The van der Waals surface area contributed by atoms with Gasteiger partial charge in [0.1, 0.15) is 5.75 Å². The second-order valence-corrected chi connectivity index (χ2v) is 6.65. The topological polar surface area (TPSA) is 41.6 Å². The average molecular weight is 375 g/mol. The molecule has 2 atom stereocenters. The highest BCUT2D eigenvalue weighted by molar-refractivity contribution is 5.85. The number of benzene rings is 2. The van der Waals surface area contributed by atoms with Crippen LogP contribution in [0.4, 0.5) is 0 Å². The number of nitrogens with one attached hydrogen (secondary N) is 1. The van der Waals surface area contributed by atoms with E-state index >= 15 is 0 Å². The minimum absolute atomic E-state index is 0. The summed E-state index contributed by atoms with van der Waals surface area (Å²) < 4.78 is 5.87. The first-order chi connectivity index (χ1) is 12.2. The smallest absolute Gasteiger partial charge is 0.263 e. The Morgan fingerprint density at radius 2 is 1.81 bits per heavy atom. The van der Waals surface area contributed by atoms with Crippen LogP contribution < -0.4 is 10.1 Å². The highest BCUT2D eigenvalue weighted by atomic mass is 35.5. The van der Waals surface area contributed by atoms with Gasteiger partial charge in [0, 0.05) is 13.1 Å². The first-order valence-electron chi connectivity index (χ1n) is 8.93. The molecule has 0 aromatic heterocycles. The van der Waals surface area contributed by atoms with Gasteiger partial charge in [0.15, 0.2) is 6.10 Å². The van der Waals surface area contributed by atoms with Gasteiger partial charge in [-0.25, -0.2) is 0 Å². The number of nitrogens with zero attached hydrogens (tertiary/aromatic N) is 1. The number of hydrogen-bond acceptors (Lipinski definition) is 3. The van der Waals surface area contributed by atoms with E-state index in [2.05, 4.69) is 17.4 Å². The lowest BCUT2D eigenvalue weighted by molar-refractivity contribution is -0.137. The highest BCUT2D eigenvalue weighted by Gasteiger charge is 2.29. The molecule has 0 bridgehead atoms. The maximum Gasteiger partial charge on any atom is 0.263 e. The van der Waals surface area contributed by atoms with E-state index in [1.807, 2.05) is 61.3 Å². The zero-order valence-corrected chi connectivity index (χ0v) is 16.2. The second-order valence-electron chi connectivity index (χ2n) is 6.65. The Kier molecular flexibility index (Phi) is 7.49. The van der Waals surface area contributed by atoms with Crippen molar-refractivity contribution in [3.63, 3.8) is 0 Å². The first-order valence-corrected chi connectivity index (χ1v) is 8.93. The molecule has 0 aliphatic carbocycles. The van der Waals surface area contributed by atoms with Gasteiger partial charge >= 0.3 is 0 Å². The lowest BCUT2D eigenvalue weighted by Gasteiger charge is -2.22. The fourth-order valence-corrected chi connectivity index (χ4v) is 3.36. The van der Waals surface area contributed by atoms with Gasteiger partial charge in [0.2, 0.25) is 0 Å². The summed E-state index contributed by atoms with van der Waals surface area (Å²) in [5.74, 6) is 1.35. The van der Waals surface area contributed by atoms with Crippen LogP contribution in [0.3, 0.4) is 0 Å². The molecule has 1 heterocycles. The molecule has 1 amide bonds. The molecule has 0 saturated carbocycles. The van der Waals surface area contributed by atoms with Crippen molar-refractivity contribution in [1.29, 1.82) is 0 Å². The van der Waals surface area contributed by atoms with E-state index in [1.54, 1.807) is 0 Å². The van der Waals surface area contributed by atoms with E-state index in [0.717, 1.165) is 37.4 Å². The van der Waals surface area contributed by atoms with Crippen LogP contribution in [0.15, 0.2) is 54.6 Å². The minimum atomic E-state index is -0.462. The molecular formula is C21H27ClN2O2. The zero-order chi connectivity index (χ0) is 17.6. The number of hydrogen-bond donors (Lipinski definition) is 1. The summed E-state index contributed by atoms with van der Waals surface area (Å²) in [5, 5.41) is 3.19. The van der Waals surface area contributed by atoms with Crippen molar-refractivity contribution >= 4 is 18.3 Å². The molecule has 140 valence electrons. The number of ether oxygens (including phenoxy) is 1. The van der Waals surface area contributed by atoms with Crippen molar-refractivity contribution in [3.8, 4) is 16.9 Å². The standard InChI is InChI=1S/C21H26N2O2.ClH/c1-16(21(24)23-13-12-17(15-23)14-22-2)25-20-10-8-19(9-11-20)18-6-4-3-5-7-18;/h3-11,16-17,22H,12-15H2,1-2H3;1H. The normalized spacial score (nSPS) is 17.5. The van der Waals surface area contributed by atoms with E-state index in [-0.39, 0.29) is 18.3 Å². The molecule has 5 heteroatoms. The zero-order valence-electron chi connectivity index (χ0n) is 15.4. The molecule has 26 heavy (non-hydrogen) atoms. The van der Waals surface area contributed by atoms with Crippen molar-refractivity contribution in [2.75, 3.05) is 26.7 Å². The second kappa shape index (κ2) is 9.60. The van der Waals surface area contributed by atoms with Crippen LogP contribution in [0.5, 0.6) is 5.75 Å². The lowest BCUT2D eigenvalue weighted by Crippen LogP contribution is -2.39. The fourth-order valence-electron chi connectivity index (χ4n) is 3.36. The van der Waals surface area contributed by atoms with Crippen LogP contribution in [-0.4, -0.2) is 43.6 Å². The third-order valence-corrected chi connectivity index (χ3v) is 4.71. The third kappa shape index (κ3) is 4.99. The molecule has 0 spiro atoms. The molecule has 1 aliphatic rings. The van der Waals surface area contributed by atoms with Crippen LogP contribution in [0.2, 0.25) is 0 Å². The summed E-state index contributed by atoms with van der Waals surface area (Å²) in [5.41, 5.74) is 2.31. The van der Waals surface area contributed by atoms with Crippen molar-refractivity contribution in [3.05, 3.63) is 54.6 Å². The largest absolute Gasteiger partial charge is 0.481 e. The molecule has 2 unspecified atom stereocenters. The van der Waals surface area contributed by atoms with Gasteiger partial charge in [-0.15, -0.1) is 12.4 Å². The summed E-state index contributed by atoms with van der Waals surface area (Å²) in [6, 6.07) is 18.1. The predicted octanol–water partition coefficient (Wildman–Crippen LogP) is 3.61. The molecule has 0 radical (unpaired) electrons. The Morgan fingerprint density at radius 3 is 2.46 bits per heavy atom. The molecule has 2 aromatic rings. The summed E-state index contributed by atoms with van der Waals surface area (Å²) in [4.78, 5) is 14.5. The van der Waals surface area contributed by atoms with Gasteiger partial charge in [-0.1, -0.05) is 42.5 Å². The molecule has 2 aromatic carbocycles. The van der Waals surface area contributed by atoms with Crippen molar-refractivity contribution in [1.82, 2.24) is 10.2 Å². The minimum Gasteiger partial charge on any atom is -0.481 e. The summed E-state index contributed by atoms with van der Waals surface area (Å²) in [7, 11) is 1.95. The maximum absolute atomic E-state index is 12.6. The van der Waals surface area contributed by atoms with Crippen molar-refractivity contribution in [2.45, 2.75) is 19.4 Å². The van der Waals surface area contributed by atoms with Gasteiger partial charge in [0.05, 0.1) is 0 Å². The van der Waals surface area contributed by atoms with E-state index in [4.69, 9.17) is 4.74 Å². The average Bonchev–Trinajstić information content (AvgIpc) is 3.11. The van der Waals surface area contributed by atoms with Crippen molar-refractivity contribution in [2.24, 2.45) is 5.92 Å². The Morgan fingerprint density at radius 1 is 1.15 bits per heavy atom. The quantitative estimate of drug-likeness (QED) is 0.839. The van der Waals surface area contributed by atoms with E-state index < -0.39 is 6.10 Å². The monoisotopic (exact) mass is 374 g/mol. The highest BCUT2D eigenvalue weighted by Crippen LogP contribution is 2.23. The lowest BCUT2D eigenvalue weighted by atomic mass is 10.1. The van der Waals surface area contributed by atoms with Gasteiger partial charge < -0.3 is 15.0 Å². The number of amides is 1.